The molecule has 0 fully saturated rings. The summed E-state index contributed by atoms with van der Waals surface area (Å²) < 4.78 is 10.8. The quantitative estimate of drug-likeness (QED) is 0.560. The summed E-state index contributed by atoms with van der Waals surface area (Å²) >= 11 is 0. The first kappa shape index (κ1) is 24.1. The van der Waals surface area contributed by atoms with Crippen LogP contribution in [0.3, 0.4) is 0 Å². The van der Waals surface area contributed by atoms with Gasteiger partial charge in [0, 0.05) is 17.6 Å². The highest BCUT2D eigenvalue weighted by atomic mass is 16.6. The molecule has 6 heteroatoms. The molecular formula is C22H38N2O4. The largest absolute Gasteiger partial charge is 0.495 e. The van der Waals surface area contributed by atoms with Crippen molar-refractivity contribution < 1.29 is 19.4 Å². The van der Waals surface area contributed by atoms with Gasteiger partial charge in [-0.1, -0.05) is 26.0 Å². The maximum atomic E-state index is 12.0. The summed E-state index contributed by atoms with van der Waals surface area (Å²) in [5.74, 6) is 0.692. The Morgan fingerprint density at radius 2 is 1.75 bits per heavy atom. The van der Waals surface area contributed by atoms with Crippen LogP contribution >= 0.6 is 0 Å². The van der Waals surface area contributed by atoms with Crippen molar-refractivity contribution in [2.75, 3.05) is 12.4 Å². The molecule has 0 aliphatic carbocycles. The normalized spacial score (nSPS) is 14.2. The number of carbonyl (C=O) groups excluding carboxylic acids is 1. The van der Waals surface area contributed by atoms with E-state index in [0.29, 0.717) is 25.0 Å². The van der Waals surface area contributed by atoms with Gasteiger partial charge < -0.3 is 25.2 Å². The van der Waals surface area contributed by atoms with E-state index >= 15 is 0 Å². The van der Waals surface area contributed by atoms with E-state index in [2.05, 4.69) is 10.6 Å². The number of hydrogen-bond donors (Lipinski definition) is 3. The number of nitrogens with one attached hydrogen (secondary N) is 2. The van der Waals surface area contributed by atoms with Crippen LogP contribution in [-0.4, -0.2) is 36.0 Å². The zero-order valence-corrected chi connectivity index (χ0v) is 18.7. The average Bonchev–Trinajstić information content (AvgIpc) is 2.59. The minimum absolute atomic E-state index is 0.0398. The summed E-state index contributed by atoms with van der Waals surface area (Å²) in [6, 6.07) is 5.68. The van der Waals surface area contributed by atoms with Crippen molar-refractivity contribution in [1.29, 1.82) is 0 Å². The highest BCUT2D eigenvalue weighted by Crippen LogP contribution is 2.39. The first-order chi connectivity index (χ1) is 13.0. The van der Waals surface area contributed by atoms with Gasteiger partial charge in [-0.05, 0) is 59.9 Å². The van der Waals surface area contributed by atoms with E-state index in [4.69, 9.17) is 9.47 Å². The summed E-state index contributed by atoms with van der Waals surface area (Å²) in [7, 11) is 1.62. The van der Waals surface area contributed by atoms with Crippen LogP contribution in [0.2, 0.25) is 0 Å². The highest BCUT2D eigenvalue weighted by Gasteiger charge is 2.30. The summed E-state index contributed by atoms with van der Waals surface area (Å²) in [5.41, 5.74) is 0.187. The molecule has 160 valence electrons. The van der Waals surface area contributed by atoms with E-state index in [0.717, 1.165) is 11.3 Å². The third kappa shape index (κ3) is 6.89. The van der Waals surface area contributed by atoms with E-state index in [9.17, 15) is 9.90 Å². The first-order valence-corrected chi connectivity index (χ1v) is 10.1. The fourth-order valence-corrected chi connectivity index (χ4v) is 3.27. The Morgan fingerprint density at radius 1 is 1.14 bits per heavy atom. The van der Waals surface area contributed by atoms with Gasteiger partial charge in [-0.25, -0.2) is 4.79 Å². The van der Waals surface area contributed by atoms with Gasteiger partial charge in [0.1, 0.15) is 11.4 Å². The second kappa shape index (κ2) is 10.0. The molecule has 1 rings (SSSR count). The van der Waals surface area contributed by atoms with Crippen LogP contribution in [0.25, 0.3) is 0 Å². The van der Waals surface area contributed by atoms with Gasteiger partial charge in [0.25, 0.3) is 0 Å². The molecule has 0 spiro atoms. The number of amides is 1. The van der Waals surface area contributed by atoms with Crippen LogP contribution in [0.15, 0.2) is 18.2 Å². The van der Waals surface area contributed by atoms with Gasteiger partial charge in [0.05, 0.1) is 18.4 Å². The van der Waals surface area contributed by atoms with Crippen LogP contribution in [0.1, 0.15) is 73.3 Å². The summed E-state index contributed by atoms with van der Waals surface area (Å²) in [5, 5.41) is 17.4. The van der Waals surface area contributed by atoms with Crippen LogP contribution < -0.4 is 15.4 Å². The fourth-order valence-electron chi connectivity index (χ4n) is 3.27. The van der Waals surface area contributed by atoms with Crippen LogP contribution in [0.5, 0.6) is 5.75 Å². The summed E-state index contributed by atoms with van der Waals surface area (Å²) in [4.78, 5) is 12.0. The molecule has 1 aromatic carbocycles. The van der Waals surface area contributed by atoms with Crippen LogP contribution in [0, 0.1) is 0 Å². The van der Waals surface area contributed by atoms with Crippen molar-refractivity contribution in [2.45, 2.75) is 91.0 Å². The molecule has 0 aliphatic rings. The van der Waals surface area contributed by atoms with Crippen molar-refractivity contribution >= 4 is 11.8 Å². The Balaban J connectivity index is 2.91. The highest BCUT2D eigenvalue weighted by molar-refractivity contribution is 5.68. The molecule has 1 amide bonds. The number of hydrogen-bond acceptors (Lipinski definition) is 5. The Labute approximate surface area is 170 Å². The van der Waals surface area contributed by atoms with Crippen molar-refractivity contribution in [2.24, 2.45) is 0 Å². The summed E-state index contributed by atoms with van der Waals surface area (Å²) in [6.45, 7) is 13.5. The maximum Gasteiger partial charge on any atom is 0.407 e. The minimum Gasteiger partial charge on any atom is -0.495 e. The number of benzene rings is 1. The first-order valence-electron chi connectivity index (χ1n) is 10.1. The third-order valence-electron chi connectivity index (χ3n) is 4.78. The zero-order valence-electron chi connectivity index (χ0n) is 18.7. The van der Waals surface area contributed by atoms with Crippen molar-refractivity contribution in [3.8, 4) is 5.75 Å². The molecule has 0 aromatic heterocycles. The molecule has 6 nitrogen and oxygen atoms in total. The van der Waals surface area contributed by atoms with Crippen LogP contribution in [-0.2, 0) is 10.3 Å². The molecule has 1 aromatic rings. The van der Waals surface area contributed by atoms with Gasteiger partial charge in [-0.3, -0.25) is 0 Å². The number of anilines is 1. The van der Waals surface area contributed by atoms with Gasteiger partial charge in [-0.2, -0.15) is 0 Å². The van der Waals surface area contributed by atoms with Gasteiger partial charge in [0.15, 0.2) is 0 Å². The summed E-state index contributed by atoms with van der Waals surface area (Å²) in [6.07, 6.45) is 1.48. The predicted molar refractivity (Wildman–Crippen MR) is 114 cm³/mol. The van der Waals surface area contributed by atoms with Crippen LogP contribution in [0.4, 0.5) is 10.5 Å². The molecule has 0 aliphatic heterocycles. The minimum atomic E-state index is -0.920. The Bertz CT molecular complexity index is 636. The molecule has 0 bridgehead atoms. The van der Waals surface area contributed by atoms with E-state index in [1.54, 1.807) is 7.11 Å². The van der Waals surface area contributed by atoms with E-state index in [-0.39, 0.29) is 12.1 Å². The number of ether oxygens (including phenoxy) is 2. The van der Waals surface area contributed by atoms with Gasteiger partial charge in [-0.15, -0.1) is 0 Å². The molecule has 0 heterocycles. The Morgan fingerprint density at radius 3 is 2.25 bits per heavy atom. The smallest absolute Gasteiger partial charge is 0.407 e. The molecule has 0 radical (unpaired) electrons. The Hall–Kier alpha value is -1.95. The topological polar surface area (TPSA) is 79.8 Å². The molecule has 2 atom stereocenters. The van der Waals surface area contributed by atoms with E-state index in [1.807, 2.05) is 66.7 Å². The second-order valence-electron chi connectivity index (χ2n) is 8.45. The lowest BCUT2D eigenvalue weighted by Crippen LogP contribution is -2.40. The second-order valence-corrected chi connectivity index (χ2v) is 8.45. The number of aliphatic hydroxyl groups is 1. The van der Waals surface area contributed by atoms with E-state index in [1.165, 1.54) is 0 Å². The number of carbonyl (C=O) groups is 1. The lowest BCUT2D eigenvalue weighted by Gasteiger charge is -2.31. The molecule has 2 unspecified atom stereocenters. The van der Waals surface area contributed by atoms with Gasteiger partial charge in [0.2, 0.25) is 0 Å². The molecule has 0 saturated carbocycles. The lowest BCUT2D eigenvalue weighted by atomic mass is 9.87. The number of rotatable bonds is 9. The Kier molecular flexibility index (Phi) is 8.61. The monoisotopic (exact) mass is 394 g/mol. The zero-order chi connectivity index (χ0) is 21.5. The molecule has 3 N–H and O–H groups in total. The lowest BCUT2D eigenvalue weighted by molar-refractivity contribution is 0.0288. The van der Waals surface area contributed by atoms with E-state index < -0.39 is 17.3 Å². The van der Waals surface area contributed by atoms with Crippen molar-refractivity contribution in [3.63, 3.8) is 0 Å². The van der Waals surface area contributed by atoms with Crippen molar-refractivity contribution in [3.05, 3.63) is 23.8 Å². The average molecular weight is 395 g/mol. The fraction of sp³-hybridized carbons (Fsp3) is 0.682. The number of methoxy groups -OCH3 is 1. The van der Waals surface area contributed by atoms with Gasteiger partial charge >= 0.3 is 6.09 Å². The molecule has 28 heavy (non-hydrogen) atoms. The molecule has 0 saturated heterocycles. The number of alkyl carbamates (subject to hydrolysis) is 1. The molecular weight excluding hydrogens is 356 g/mol. The standard InChI is InChI=1S/C22H38N2O4/c1-9-22(26,10-2)17-12-11-13-18(27-8)19(17)23-15(3)14-16(4)24-20(25)28-21(5,6)7/h11-13,15-16,23,26H,9-10,14H2,1-8H3,(H,24,25). The van der Waals surface area contributed by atoms with Crippen molar-refractivity contribution in [1.82, 2.24) is 5.32 Å². The third-order valence-corrected chi connectivity index (χ3v) is 4.78. The SMILES string of the molecule is CCC(O)(CC)c1cccc(OC)c1NC(C)CC(C)NC(=O)OC(C)(C)C. The maximum absolute atomic E-state index is 12.0. The predicted octanol–water partition coefficient (Wildman–Crippen LogP) is 4.81. The number of para-hydroxylation sites is 1.